The zero-order valence-electron chi connectivity index (χ0n) is 9.67. The van der Waals surface area contributed by atoms with Crippen LogP contribution in [0.15, 0.2) is 18.2 Å². The molecule has 0 fully saturated rings. The number of imidazole rings is 1. The highest BCUT2D eigenvalue weighted by Crippen LogP contribution is 2.29. The van der Waals surface area contributed by atoms with E-state index in [9.17, 15) is 8.78 Å². The Morgan fingerprint density at radius 1 is 1.35 bits per heavy atom. The molecule has 0 aliphatic rings. The molecule has 17 heavy (non-hydrogen) atoms. The van der Waals surface area contributed by atoms with Crippen molar-refractivity contribution in [1.82, 2.24) is 9.55 Å². The minimum atomic E-state index is -0.917. The second-order valence-electron chi connectivity index (χ2n) is 3.74. The van der Waals surface area contributed by atoms with Gasteiger partial charge in [0.2, 0.25) is 0 Å². The Kier molecular flexibility index (Phi) is 2.83. The summed E-state index contributed by atoms with van der Waals surface area (Å²) in [5.41, 5.74) is 6.27. The number of nitrogens with zero attached hydrogens (tertiary/aromatic N) is 2. The van der Waals surface area contributed by atoms with Gasteiger partial charge < -0.3 is 10.3 Å². The molecule has 1 aromatic carbocycles. The molecular formula is C12H13F2N3. The topological polar surface area (TPSA) is 43.8 Å². The van der Waals surface area contributed by atoms with Crippen molar-refractivity contribution >= 4 is 5.82 Å². The summed E-state index contributed by atoms with van der Waals surface area (Å²) in [5, 5.41) is 0. The molecule has 0 aliphatic carbocycles. The number of nitrogen functional groups attached to an aromatic ring is 1. The monoisotopic (exact) mass is 237 g/mol. The third kappa shape index (κ3) is 1.77. The number of rotatable bonds is 2. The SMILES string of the molecule is CCn1c(C)nc(-c2cccc(F)c2F)c1N. The number of hydrogen-bond donors (Lipinski definition) is 1. The standard InChI is InChI=1S/C12H13F2N3/c1-3-17-7(2)16-11(12(17)15)8-5-4-6-9(13)10(8)14/h4-6H,3,15H2,1-2H3. The fraction of sp³-hybridized carbons (Fsp3) is 0.250. The highest BCUT2D eigenvalue weighted by atomic mass is 19.2. The lowest BCUT2D eigenvalue weighted by atomic mass is 10.1. The molecule has 2 aromatic rings. The van der Waals surface area contributed by atoms with Crippen LogP contribution in [0.3, 0.4) is 0 Å². The minimum absolute atomic E-state index is 0.0952. The summed E-state index contributed by atoms with van der Waals surface area (Å²) >= 11 is 0. The van der Waals surface area contributed by atoms with Crippen molar-refractivity contribution in [3.63, 3.8) is 0 Å². The Bertz CT molecular complexity index is 561. The van der Waals surface area contributed by atoms with Gasteiger partial charge in [-0.15, -0.1) is 0 Å². The fourth-order valence-electron chi connectivity index (χ4n) is 1.87. The number of halogens is 2. The zero-order chi connectivity index (χ0) is 12.6. The highest BCUT2D eigenvalue weighted by molar-refractivity contribution is 5.71. The van der Waals surface area contributed by atoms with Crippen molar-refractivity contribution in [3.8, 4) is 11.3 Å². The van der Waals surface area contributed by atoms with E-state index in [1.54, 1.807) is 11.5 Å². The van der Waals surface area contributed by atoms with Gasteiger partial charge in [-0.25, -0.2) is 13.8 Å². The normalized spacial score (nSPS) is 10.8. The molecule has 0 bridgehead atoms. The van der Waals surface area contributed by atoms with Crippen LogP contribution in [-0.4, -0.2) is 9.55 Å². The van der Waals surface area contributed by atoms with Crippen LogP contribution in [0.5, 0.6) is 0 Å². The number of nitrogens with two attached hydrogens (primary N) is 1. The summed E-state index contributed by atoms with van der Waals surface area (Å²) < 4.78 is 28.5. The van der Waals surface area contributed by atoms with Gasteiger partial charge in [0.25, 0.3) is 0 Å². The lowest BCUT2D eigenvalue weighted by molar-refractivity contribution is 0.511. The third-order valence-electron chi connectivity index (χ3n) is 2.72. The Hall–Kier alpha value is -1.91. The molecule has 5 heteroatoms. The predicted molar refractivity (Wildman–Crippen MR) is 62.4 cm³/mol. The minimum Gasteiger partial charge on any atom is -0.383 e. The molecule has 2 N–H and O–H groups in total. The molecule has 3 nitrogen and oxygen atoms in total. The van der Waals surface area contributed by atoms with E-state index in [0.29, 0.717) is 23.9 Å². The molecule has 1 heterocycles. The fourth-order valence-corrected chi connectivity index (χ4v) is 1.87. The molecule has 0 aliphatic heterocycles. The second kappa shape index (κ2) is 4.16. The van der Waals surface area contributed by atoms with E-state index in [1.165, 1.54) is 12.1 Å². The predicted octanol–water partition coefficient (Wildman–Crippen LogP) is 2.74. The van der Waals surface area contributed by atoms with Crippen LogP contribution in [0, 0.1) is 18.6 Å². The maximum Gasteiger partial charge on any atom is 0.168 e. The number of aromatic nitrogens is 2. The van der Waals surface area contributed by atoms with Gasteiger partial charge in [0, 0.05) is 12.1 Å². The number of anilines is 1. The first-order valence-corrected chi connectivity index (χ1v) is 5.33. The van der Waals surface area contributed by atoms with Gasteiger partial charge in [0.15, 0.2) is 11.6 Å². The van der Waals surface area contributed by atoms with Gasteiger partial charge in [0.05, 0.1) is 0 Å². The van der Waals surface area contributed by atoms with Crippen molar-refractivity contribution < 1.29 is 8.78 Å². The molecule has 90 valence electrons. The van der Waals surface area contributed by atoms with E-state index < -0.39 is 11.6 Å². The lowest BCUT2D eigenvalue weighted by Crippen LogP contribution is -2.02. The molecule has 2 rings (SSSR count). The molecule has 0 saturated heterocycles. The third-order valence-corrected chi connectivity index (χ3v) is 2.72. The van der Waals surface area contributed by atoms with Crippen LogP contribution in [0.2, 0.25) is 0 Å². The number of hydrogen-bond acceptors (Lipinski definition) is 2. The van der Waals surface area contributed by atoms with Crippen LogP contribution in [0.1, 0.15) is 12.7 Å². The van der Waals surface area contributed by atoms with E-state index >= 15 is 0 Å². The van der Waals surface area contributed by atoms with Gasteiger partial charge in [-0.1, -0.05) is 6.07 Å². The van der Waals surface area contributed by atoms with Gasteiger partial charge >= 0.3 is 0 Å². The summed E-state index contributed by atoms with van der Waals surface area (Å²) in [6, 6.07) is 3.97. The Labute approximate surface area is 97.9 Å². The molecule has 0 atom stereocenters. The highest BCUT2D eigenvalue weighted by Gasteiger charge is 2.17. The van der Waals surface area contributed by atoms with E-state index in [1.807, 2.05) is 6.92 Å². The lowest BCUT2D eigenvalue weighted by Gasteiger charge is -2.04. The molecule has 0 amide bonds. The molecule has 0 radical (unpaired) electrons. The van der Waals surface area contributed by atoms with Crippen molar-refractivity contribution in [2.45, 2.75) is 20.4 Å². The summed E-state index contributed by atoms with van der Waals surface area (Å²) in [6.07, 6.45) is 0. The average molecular weight is 237 g/mol. The van der Waals surface area contributed by atoms with Gasteiger partial charge in [-0.3, -0.25) is 0 Å². The van der Waals surface area contributed by atoms with Crippen LogP contribution in [-0.2, 0) is 6.54 Å². The average Bonchev–Trinajstić information content (AvgIpc) is 2.58. The van der Waals surface area contributed by atoms with Crippen LogP contribution in [0.25, 0.3) is 11.3 Å². The quantitative estimate of drug-likeness (QED) is 0.872. The van der Waals surface area contributed by atoms with E-state index in [0.717, 1.165) is 6.07 Å². The van der Waals surface area contributed by atoms with E-state index in [4.69, 9.17) is 5.73 Å². The van der Waals surface area contributed by atoms with Crippen LogP contribution in [0.4, 0.5) is 14.6 Å². The summed E-state index contributed by atoms with van der Waals surface area (Å²) in [6.45, 7) is 4.33. The number of benzene rings is 1. The molecule has 0 spiro atoms. The smallest absolute Gasteiger partial charge is 0.168 e. The van der Waals surface area contributed by atoms with Gasteiger partial charge in [-0.05, 0) is 26.0 Å². The summed E-state index contributed by atoms with van der Waals surface area (Å²) in [5.74, 6) is -0.774. The molecule has 1 aromatic heterocycles. The van der Waals surface area contributed by atoms with Crippen molar-refractivity contribution in [2.75, 3.05) is 5.73 Å². The maximum atomic E-state index is 13.6. The van der Waals surface area contributed by atoms with E-state index in [-0.39, 0.29) is 5.56 Å². The molecule has 0 saturated carbocycles. The van der Waals surface area contributed by atoms with Crippen LogP contribution >= 0.6 is 0 Å². The second-order valence-corrected chi connectivity index (χ2v) is 3.74. The largest absolute Gasteiger partial charge is 0.383 e. The Balaban J connectivity index is 2.65. The Morgan fingerprint density at radius 3 is 2.65 bits per heavy atom. The first kappa shape index (κ1) is 11.6. The van der Waals surface area contributed by atoms with Gasteiger partial charge in [0.1, 0.15) is 17.3 Å². The summed E-state index contributed by atoms with van der Waals surface area (Å²) in [7, 11) is 0. The van der Waals surface area contributed by atoms with Crippen molar-refractivity contribution in [1.29, 1.82) is 0 Å². The van der Waals surface area contributed by atoms with E-state index in [2.05, 4.69) is 4.98 Å². The first-order chi connectivity index (χ1) is 8.06. The zero-order valence-corrected chi connectivity index (χ0v) is 9.67. The van der Waals surface area contributed by atoms with Crippen LogP contribution < -0.4 is 5.73 Å². The Morgan fingerprint density at radius 2 is 2.06 bits per heavy atom. The number of aryl methyl sites for hydroxylation is 1. The van der Waals surface area contributed by atoms with Crippen molar-refractivity contribution in [3.05, 3.63) is 35.7 Å². The van der Waals surface area contributed by atoms with Crippen molar-refractivity contribution in [2.24, 2.45) is 0 Å². The first-order valence-electron chi connectivity index (χ1n) is 5.33. The van der Waals surface area contributed by atoms with Gasteiger partial charge in [-0.2, -0.15) is 0 Å². The molecular weight excluding hydrogens is 224 g/mol. The molecule has 0 unspecified atom stereocenters. The summed E-state index contributed by atoms with van der Waals surface area (Å²) in [4.78, 5) is 4.18. The maximum absolute atomic E-state index is 13.6.